The van der Waals surface area contributed by atoms with E-state index in [0.29, 0.717) is 18.5 Å². The van der Waals surface area contributed by atoms with Crippen LogP contribution in [-0.4, -0.2) is 110 Å². The van der Waals surface area contributed by atoms with Crippen LogP contribution < -0.4 is 15.5 Å². The summed E-state index contributed by atoms with van der Waals surface area (Å²) in [5.41, 5.74) is 2.31. The minimum atomic E-state index is -0.730. The number of ether oxygens (including phenoxy) is 1. The Kier molecular flexibility index (Phi) is 8.32. The average Bonchev–Trinajstić information content (AvgIpc) is 3.65. The van der Waals surface area contributed by atoms with Gasteiger partial charge >= 0.3 is 0 Å². The van der Waals surface area contributed by atoms with Crippen molar-refractivity contribution in [2.24, 2.45) is 5.92 Å². The van der Waals surface area contributed by atoms with Crippen molar-refractivity contribution < 1.29 is 19.1 Å². The van der Waals surface area contributed by atoms with Gasteiger partial charge in [0.25, 0.3) is 5.91 Å². The first kappa shape index (κ1) is 27.7. The molecule has 10 nitrogen and oxygen atoms in total. The van der Waals surface area contributed by atoms with Gasteiger partial charge in [-0.25, -0.2) is 4.98 Å². The Bertz CT molecular complexity index is 1190. The third-order valence-corrected chi connectivity index (χ3v) is 8.76. The number of carbonyl (C=O) groups excluding carboxylic acids is 3. The molecule has 1 aromatic heterocycles. The van der Waals surface area contributed by atoms with Crippen molar-refractivity contribution in [1.82, 2.24) is 25.4 Å². The van der Waals surface area contributed by atoms with Crippen LogP contribution in [0.3, 0.4) is 0 Å². The topological polar surface area (TPSA) is 107 Å². The molecule has 3 aliphatic heterocycles. The summed E-state index contributed by atoms with van der Waals surface area (Å²) in [6, 6.07) is 5.89. The zero-order valence-electron chi connectivity index (χ0n) is 23.1. The first-order chi connectivity index (χ1) is 18.7. The first-order valence-electron chi connectivity index (χ1n) is 13.7. The van der Waals surface area contributed by atoms with Crippen LogP contribution in [-0.2, 0) is 14.3 Å². The van der Waals surface area contributed by atoms with E-state index >= 15 is 0 Å². The molecule has 2 amide bonds. The van der Waals surface area contributed by atoms with Crippen LogP contribution >= 0.6 is 11.3 Å². The number of piperazine rings is 1. The van der Waals surface area contributed by atoms with Crippen LogP contribution in [0.5, 0.6) is 0 Å². The van der Waals surface area contributed by atoms with E-state index in [-0.39, 0.29) is 42.3 Å². The number of nitrogens with one attached hydrogen (secondary N) is 2. The fourth-order valence-corrected chi connectivity index (χ4v) is 6.49. The fourth-order valence-electron chi connectivity index (χ4n) is 5.60. The van der Waals surface area contributed by atoms with E-state index in [9.17, 15) is 14.4 Å². The second-order valence-corrected chi connectivity index (χ2v) is 11.9. The molecule has 0 radical (unpaired) electrons. The van der Waals surface area contributed by atoms with Crippen molar-refractivity contribution in [3.8, 4) is 11.3 Å². The molecule has 4 atom stereocenters. The number of Topliss-reactive ketones (excluding diaryl/α,β-unsaturated/α-hetero) is 1. The number of likely N-dealkylation sites (N-methyl/N-ethyl adjacent to an activating group) is 2. The Hall–Kier alpha value is -2.86. The Balaban J connectivity index is 1.26. The SMILES string of the molecule is CN[C@H]1CN(C(=O)C(CC(C)C)NC(=O)c2ccc(-c3csc(N4CCN(C)CC4)n3)cc2)[C@@H]2C(=O)CO[C@H]12. The van der Waals surface area contributed by atoms with Gasteiger partial charge in [0.2, 0.25) is 5.91 Å². The van der Waals surface area contributed by atoms with Crippen LogP contribution in [0.2, 0.25) is 0 Å². The smallest absolute Gasteiger partial charge is 0.251 e. The Labute approximate surface area is 233 Å². The van der Waals surface area contributed by atoms with Gasteiger partial charge in [-0.05, 0) is 38.6 Å². The quantitative estimate of drug-likeness (QED) is 0.506. The zero-order chi connectivity index (χ0) is 27.7. The molecule has 11 heteroatoms. The van der Waals surface area contributed by atoms with E-state index in [1.54, 1.807) is 35.4 Å². The molecule has 1 unspecified atom stereocenters. The number of fused-ring (bicyclic) bond motifs is 1. The lowest BCUT2D eigenvalue weighted by Crippen LogP contribution is -2.52. The van der Waals surface area contributed by atoms with Crippen molar-refractivity contribution in [2.45, 2.75) is 44.5 Å². The number of hydrogen-bond acceptors (Lipinski definition) is 9. The third-order valence-electron chi connectivity index (χ3n) is 7.86. The van der Waals surface area contributed by atoms with Gasteiger partial charge in [-0.2, -0.15) is 0 Å². The molecular weight excluding hydrogens is 516 g/mol. The molecule has 0 saturated carbocycles. The highest BCUT2D eigenvalue weighted by Gasteiger charge is 2.52. The first-order valence-corrected chi connectivity index (χ1v) is 14.6. The highest BCUT2D eigenvalue weighted by Crippen LogP contribution is 2.30. The molecule has 5 rings (SSSR count). The number of nitrogens with zero attached hydrogens (tertiary/aromatic N) is 4. The number of benzene rings is 1. The molecule has 39 heavy (non-hydrogen) atoms. The van der Waals surface area contributed by atoms with Crippen LogP contribution in [0.25, 0.3) is 11.3 Å². The third kappa shape index (κ3) is 5.86. The molecule has 3 aliphatic rings. The van der Waals surface area contributed by atoms with Crippen molar-refractivity contribution in [3.05, 3.63) is 35.2 Å². The fraction of sp³-hybridized carbons (Fsp3) is 0.571. The predicted octanol–water partition coefficient (Wildman–Crippen LogP) is 1.47. The number of amides is 2. The summed E-state index contributed by atoms with van der Waals surface area (Å²) >= 11 is 1.64. The number of thiazole rings is 1. The Morgan fingerprint density at radius 3 is 2.54 bits per heavy atom. The number of rotatable bonds is 8. The molecule has 2 N–H and O–H groups in total. The van der Waals surface area contributed by atoms with Gasteiger partial charge in [0.15, 0.2) is 10.9 Å². The van der Waals surface area contributed by atoms with E-state index in [1.165, 1.54) is 0 Å². The Morgan fingerprint density at radius 1 is 1.15 bits per heavy atom. The minimum Gasteiger partial charge on any atom is -0.366 e. The van der Waals surface area contributed by atoms with Crippen molar-refractivity contribution in [1.29, 1.82) is 0 Å². The summed E-state index contributed by atoms with van der Waals surface area (Å²) in [6.07, 6.45) is 0.126. The van der Waals surface area contributed by atoms with E-state index in [0.717, 1.165) is 42.6 Å². The summed E-state index contributed by atoms with van der Waals surface area (Å²) in [7, 11) is 3.94. The van der Waals surface area contributed by atoms with E-state index in [1.807, 2.05) is 26.0 Å². The van der Waals surface area contributed by atoms with Crippen LogP contribution in [0.15, 0.2) is 29.6 Å². The maximum atomic E-state index is 13.6. The van der Waals surface area contributed by atoms with E-state index in [2.05, 4.69) is 32.9 Å². The Morgan fingerprint density at radius 2 is 1.87 bits per heavy atom. The summed E-state index contributed by atoms with van der Waals surface area (Å²) in [4.78, 5) is 50.5. The summed E-state index contributed by atoms with van der Waals surface area (Å²) in [6.45, 7) is 8.40. The predicted molar refractivity (Wildman–Crippen MR) is 151 cm³/mol. The zero-order valence-corrected chi connectivity index (χ0v) is 23.9. The van der Waals surface area contributed by atoms with Gasteiger partial charge < -0.3 is 30.1 Å². The number of carbonyl (C=O) groups is 3. The highest BCUT2D eigenvalue weighted by molar-refractivity contribution is 7.14. The normalized spacial score (nSPS) is 24.3. The van der Waals surface area contributed by atoms with E-state index < -0.39 is 12.1 Å². The van der Waals surface area contributed by atoms with Crippen LogP contribution in [0.4, 0.5) is 5.13 Å². The van der Waals surface area contributed by atoms with Gasteiger partial charge in [0, 0.05) is 49.2 Å². The molecule has 0 aliphatic carbocycles. The van der Waals surface area contributed by atoms with Gasteiger partial charge in [-0.3, -0.25) is 14.4 Å². The van der Waals surface area contributed by atoms with Gasteiger partial charge in [-0.1, -0.05) is 26.0 Å². The van der Waals surface area contributed by atoms with Crippen molar-refractivity contribution >= 4 is 34.1 Å². The molecule has 3 saturated heterocycles. The lowest BCUT2D eigenvalue weighted by molar-refractivity contribution is -0.138. The molecule has 0 bridgehead atoms. The van der Waals surface area contributed by atoms with E-state index in [4.69, 9.17) is 9.72 Å². The number of hydrogen-bond donors (Lipinski definition) is 2. The largest absolute Gasteiger partial charge is 0.366 e. The van der Waals surface area contributed by atoms with Crippen molar-refractivity contribution in [2.75, 3.05) is 58.3 Å². The number of likely N-dealkylation sites (tertiary alicyclic amines) is 1. The second-order valence-electron chi connectivity index (χ2n) is 11.1. The summed E-state index contributed by atoms with van der Waals surface area (Å²) in [5, 5.41) is 9.18. The highest BCUT2D eigenvalue weighted by atomic mass is 32.1. The summed E-state index contributed by atoms with van der Waals surface area (Å²) in [5.74, 6) is -0.463. The molecular formula is C28H38N6O4S. The van der Waals surface area contributed by atoms with Gasteiger partial charge in [-0.15, -0.1) is 11.3 Å². The monoisotopic (exact) mass is 554 g/mol. The maximum Gasteiger partial charge on any atom is 0.251 e. The maximum absolute atomic E-state index is 13.6. The van der Waals surface area contributed by atoms with Gasteiger partial charge in [0.05, 0.1) is 11.7 Å². The second kappa shape index (κ2) is 11.7. The van der Waals surface area contributed by atoms with Crippen molar-refractivity contribution in [3.63, 3.8) is 0 Å². The lowest BCUT2D eigenvalue weighted by atomic mass is 10.0. The lowest BCUT2D eigenvalue weighted by Gasteiger charge is -2.32. The molecule has 4 heterocycles. The van der Waals surface area contributed by atoms with Crippen LogP contribution in [0, 0.1) is 5.92 Å². The number of aromatic nitrogens is 1. The minimum absolute atomic E-state index is 0.0146. The molecule has 210 valence electrons. The molecule has 3 fully saturated rings. The summed E-state index contributed by atoms with van der Waals surface area (Å²) < 4.78 is 5.67. The number of ketones is 1. The standard InChI is InChI=1S/C28H38N6O4S/c1-17(2)13-20(27(37)34-14-21(29-3)25-24(34)23(35)15-38-25)30-26(36)19-7-5-18(6-8-19)22-16-39-28(31-22)33-11-9-32(4)10-12-33/h5-8,16-17,20-21,24-25,29H,9-15H2,1-4H3,(H,30,36)/t20?,21-,24+,25+/m0/s1. The van der Waals surface area contributed by atoms with Gasteiger partial charge in [0.1, 0.15) is 24.8 Å². The number of anilines is 1. The molecule has 0 spiro atoms. The van der Waals surface area contributed by atoms with Crippen LogP contribution in [0.1, 0.15) is 30.6 Å². The average molecular weight is 555 g/mol. The molecule has 2 aromatic rings. The molecule has 1 aromatic carbocycles.